The molecule has 0 aliphatic carbocycles. The van der Waals surface area contributed by atoms with E-state index in [-0.39, 0.29) is 11.9 Å². The van der Waals surface area contributed by atoms with Crippen molar-refractivity contribution >= 4 is 21.9 Å². The predicted molar refractivity (Wildman–Crippen MR) is 118 cm³/mol. The Morgan fingerprint density at radius 3 is 2.68 bits per heavy atom. The van der Waals surface area contributed by atoms with E-state index in [1.165, 1.54) is 18.4 Å². The Morgan fingerprint density at radius 2 is 2.00 bits per heavy atom. The number of hydrogen-bond donors (Lipinski definition) is 0. The van der Waals surface area contributed by atoms with E-state index in [2.05, 4.69) is 40.7 Å². The van der Waals surface area contributed by atoms with Crippen molar-refractivity contribution in [3.8, 4) is 5.75 Å². The number of hydrogen-bond acceptors (Lipinski definition) is 4. The van der Waals surface area contributed by atoms with Crippen LogP contribution < -0.4 is 4.74 Å². The molecule has 2 atom stereocenters. The van der Waals surface area contributed by atoms with Gasteiger partial charge in [-0.25, -0.2) is 0 Å². The Bertz CT molecular complexity index is 641. The lowest BCUT2D eigenvalue weighted by Gasteiger charge is -2.36. The minimum atomic E-state index is -0.438. The fourth-order valence-electron chi connectivity index (χ4n) is 3.73. The molecule has 0 aromatic heterocycles. The first-order chi connectivity index (χ1) is 13.2. The molecule has 2 unspecified atom stereocenters. The lowest BCUT2D eigenvalue weighted by atomic mass is 9.90. The van der Waals surface area contributed by atoms with E-state index in [0.717, 1.165) is 49.3 Å². The van der Waals surface area contributed by atoms with Gasteiger partial charge in [0, 0.05) is 29.7 Å². The van der Waals surface area contributed by atoms with E-state index >= 15 is 0 Å². The molecular formula is C23H36BrNO3. The zero-order chi connectivity index (χ0) is 20.7. The van der Waals surface area contributed by atoms with Gasteiger partial charge >= 0.3 is 5.97 Å². The molecule has 0 saturated carbocycles. The summed E-state index contributed by atoms with van der Waals surface area (Å²) in [5, 5.41) is 0. The zero-order valence-electron chi connectivity index (χ0n) is 18.1. The molecule has 4 nitrogen and oxygen atoms in total. The summed E-state index contributed by atoms with van der Waals surface area (Å²) < 4.78 is 12.8. The number of piperidine rings is 1. The molecule has 1 aromatic rings. The molecular weight excluding hydrogens is 418 g/mol. The summed E-state index contributed by atoms with van der Waals surface area (Å²) in [4.78, 5) is 15.0. The van der Waals surface area contributed by atoms with Crippen LogP contribution >= 0.6 is 15.9 Å². The third-order valence-corrected chi connectivity index (χ3v) is 5.39. The van der Waals surface area contributed by atoms with Gasteiger partial charge in [0.25, 0.3) is 0 Å². The summed E-state index contributed by atoms with van der Waals surface area (Å²) >= 11 is 3.59. The first-order valence-electron chi connectivity index (χ1n) is 10.5. The van der Waals surface area contributed by atoms with Gasteiger partial charge < -0.3 is 9.47 Å². The Kier molecular flexibility index (Phi) is 8.81. The smallest absolute Gasteiger partial charge is 0.310 e. The number of unbranched alkanes of at least 4 members (excludes halogenated alkanes) is 2. The summed E-state index contributed by atoms with van der Waals surface area (Å²) in [5.74, 6) is 1.28. The van der Waals surface area contributed by atoms with E-state index in [4.69, 9.17) is 9.47 Å². The standard InChI is InChI=1S/C23H36BrNO3/c1-6-7-8-11-27-21-10-9-20(24)13-18(21)15-25-14-17(2)12-19(16-25)22(26)28-23(3,4)5/h9-10,13,17,19H,6-8,11-12,14-16H2,1-5H3. The van der Waals surface area contributed by atoms with Crippen molar-refractivity contribution in [2.75, 3.05) is 19.7 Å². The van der Waals surface area contributed by atoms with Crippen molar-refractivity contribution in [2.45, 2.75) is 72.4 Å². The molecule has 0 amide bonds. The second-order valence-electron chi connectivity index (χ2n) is 9.07. The van der Waals surface area contributed by atoms with Gasteiger partial charge in [-0.15, -0.1) is 0 Å². The van der Waals surface area contributed by atoms with Crippen LogP contribution in [0.5, 0.6) is 5.75 Å². The number of benzene rings is 1. The maximum atomic E-state index is 12.6. The number of ether oxygens (including phenoxy) is 2. The number of esters is 1. The van der Waals surface area contributed by atoms with Crippen molar-refractivity contribution in [3.05, 3.63) is 28.2 Å². The average Bonchev–Trinajstić information content (AvgIpc) is 2.58. The molecule has 0 spiro atoms. The Labute approximate surface area is 179 Å². The van der Waals surface area contributed by atoms with Crippen molar-refractivity contribution in [2.24, 2.45) is 11.8 Å². The second kappa shape index (κ2) is 10.6. The van der Waals surface area contributed by atoms with E-state index in [9.17, 15) is 4.79 Å². The van der Waals surface area contributed by atoms with Crippen LogP contribution in [-0.4, -0.2) is 36.2 Å². The molecule has 1 aliphatic heterocycles. The van der Waals surface area contributed by atoms with Gasteiger partial charge in [-0.1, -0.05) is 42.6 Å². The lowest BCUT2D eigenvalue weighted by Crippen LogP contribution is -2.43. The summed E-state index contributed by atoms with van der Waals surface area (Å²) in [6.45, 7) is 13.5. The molecule has 0 radical (unpaired) electrons. The highest BCUT2D eigenvalue weighted by Crippen LogP contribution is 2.29. The number of halogens is 1. The molecule has 28 heavy (non-hydrogen) atoms. The van der Waals surface area contributed by atoms with Gasteiger partial charge in [-0.2, -0.15) is 0 Å². The maximum absolute atomic E-state index is 12.6. The number of carbonyl (C=O) groups excluding carboxylic acids is 1. The van der Waals surface area contributed by atoms with Crippen molar-refractivity contribution in [1.29, 1.82) is 0 Å². The molecule has 1 heterocycles. The van der Waals surface area contributed by atoms with Crippen LogP contribution in [0.4, 0.5) is 0 Å². The van der Waals surface area contributed by atoms with Gasteiger partial charge in [0.2, 0.25) is 0 Å². The summed E-state index contributed by atoms with van der Waals surface area (Å²) in [6.07, 6.45) is 4.35. The highest BCUT2D eigenvalue weighted by atomic mass is 79.9. The van der Waals surface area contributed by atoms with Crippen LogP contribution in [0.3, 0.4) is 0 Å². The Hall–Kier alpha value is -1.07. The highest BCUT2D eigenvalue weighted by molar-refractivity contribution is 9.10. The van der Waals surface area contributed by atoms with Crippen LogP contribution in [0.25, 0.3) is 0 Å². The minimum absolute atomic E-state index is 0.0657. The highest BCUT2D eigenvalue weighted by Gasteiger charge is 2.33. The maximum Gasteiger partial charge on any atom is 0.310 e. The lowest BCUT2D eigenvalue weighted by molar-refractivity contribution is -0.162. The topological polar surface area (TPSA) is 38.8 Å². The molecule has 158 valence electrons. The van der Waals surface area contributed by atoms with Gasteiger partial charge in [-0.05, 0) is 57.7 Å². The number of likely N-dealkylation sites (tertiary alicyclic amines) is 1. The van der Waals surface area contributed by atoms with Gasteiger partial charge in [0.05, 0.1) is 12.5 Å². The Morgan fingerprint density at radius 1 is 1.25 bits per heavy atom. The fraction of sp³-hybridized carbons (Fsp3) is 0.696. The zero-order valence-corrected chi connectivity index (χ0v) is 19.7. The monoisotopic (exact) mass is 453 g/mol. The SMILES string of the molecule is CCCCCOc1ccc(Br)cc1CN1CC(C)CC(C(=O)OC(C)(C)C)C1. The van der Waals surface area contributed by atoms with Crippen LogP contribution in [-0.2, 0) is 16.1 Å². The molecule has 2 rings (SSSR count). The molecule has 1 aromatic carbocycles. The van der Waals surface area contributed by atoms with Crippen LogP contribution in [0.15, 0.2) is 22.7 Å². The average molecular weight is 454 g/mol. The largest absolute Gasteiger partial charge is 0.493 e. The van der Waals surface area contributed by atoms with E-state index in [1.54, 1.807) is 0 Å². The summed E-state index contributed by atoms with van der Waals surface area (Å²) in [7, 11) is 0. The molecule has 1 saturated heterocycles. The van der Waals surface area contributed by atoms with Crippen LogP contribution in [0, 0.1) is 11.8 Å². The Balaban J connectivity index is 2.04. The summed E-state index contributed by atoms with van der Waals surface area (Å²) in [5.41, 5.74) is 0.731. The molecule has 1 aliphatic rings. The molecule has 5 heteroatoms. The summed E-state index contributed by atoms with van der Waals surface area (Å²) in [6, 6.07) is 6.21. The third kappa shape index (κ3) is 7.75. The van der Waals surface area contributed by atoms with Crippen molar-refractivity contribution < 1.29 is 14.3 Å². The van der Waals surface area contributed by atoms with E-state index in [1.807, 2.05) is 32.9 Å². The molecule has 0 N–H and O–H groups in total. The van der Waals surface area contributed by atoms with Gasteiger partial charge in [0.15, 0.2) is 0 Å². The fourth-order valence-corrected chi connectivity index (χ4v) is 4.14. The molecule has 0 bridgehead atoms. The third-order valence-electron chi connectivity index (χ3n) is 4.90. The number of carbonyl (C=O) groups is 1. The van der Waals surface area contributed by atoms with Crippen molar-refractivity contribution in [3.63, 3.8) is 0 Å². The van der Waals surface area contributed by atoms with Gasteiger partial charge in [0.1, 0.15) is 11.4 Å². The van der Waals surface area contributed by atoms with Gasteiger partial charge in [-0.3, -0.25) is 9.69 Å². The number of rotatable bonds is 8. The van der Waals surface area contributed by atoms with Crippen LogP contribution in [0.2, 0.25) is 0 Å². The first kappa shape index (κ1) is 23.2. The second-order valence-corrected chi connectivity index (χ2v) is 9.99. The predicted octanol–water partition coefficient (Wildman–Crippen LogP) is 5.82. The van der Waals surface area contributed by atoms with Crippen molar-refractivity contribution in [1.82, 2.24) is 4.90 Å². The molecule has 1 fully saturated rings. The van der Waals surface area contributed by atoms with E-state index < -0.39 is 5.60 Å². The van der Waals surface area contributed by atoms with E-state index in [0.29, 0.717) is 5.92 Å². The van der Waals surface area contributed by atoms with Crippen LogP contribution in [0.1, 0.15) is 65.9 Å². The normalized spacial score (nSPS) is 20.8. The first-order valence-corrected chi connectivity index (χ1v) is 11.3. The minimum Gasteiger partial charge on any atom is -0.493 e. The quantitative estimate of drug-likeness (QED) is 0.367. The number of nitrogens with zero attached hydrogens (tertiary/aromatic N) is 1.